The molecule has 31 heavy (non-hydrogen) atoms. The molecule has 160 valence electrons. The van der Waals surface area contributed by atoms with E-state index >= 15 is 0 Å². The number of ether oxygens (including phenoxy) is 2. The molecule has 1 aromatic heterocycles. The van der Waals surface area contributed by atoms with E-state index in [9.17, 15) is 9.18 Å². The van der Waals surface area contributed by atoms with Crippen LogP contribution in [0.1, 0.15) is 13.3 Å². The van der Waals surface area contributed by atoms with Crippen LogP contribution in [-0.2, 0) is 9.53 Å². The molecule has 1 atom stereocenters. The van der Waals surface area contributed by atoms with Crippen molar-refractivity contribution in [2.24, 2.45) is 5.41 Å². The Morgan fingerprint density at radius 2 is 2.06 bits per heavy atom. The predicted molar refractivity (Wildman–Crippen MR) is 117 cm³/mol. The van der Waals surface area contributed by atoms with Gasteiger partial charge in [-0.3, -0.25) is 9.78 Å². The first-order valence-electron chi connectivity index (χ1n) is 10.3. The molecule has 2 aromatic carbocycles. The van der Waals surface area contributed by atoms with E-state index in [0.717, 1.165) is 49.2 Å². The number of rotatable bonds is 4. The van der Waals surface area contributed by atoms with Crippen molar-refractivity contribution in [3.05, 3.63) is 59.5 Å². The van der Waals surface area contributed by atoms with Gasteiger partial charge in [-0.25, -0.2) is 4.39 Å². The number of carbonyl (C=O) groups excluding carboxylic acids is 1. The minimum Gasteiger partial charge on any atom is -0.481 e. The van der Waals surface area contributed by atoms with Crippen molar-refractivity contribution < 1.29 is 18.7 Å². The summed E-state index contributed by atoms with van der Waals surface area (Å²) in [5, 5.41) is 1.21. The molecule has 2 aliphatic heterocycles. The van der Waals surface area contributed by atoms with Gasteiger partial charge in [-0.1, -0.05) is 11.6 Å². The molecule has 7 heteroatoms. The van der Waals surface area contributed by atoms with E-state index in [4.69, 9.17) is 21.1 Å². The summed E-state index contributed by atoms with van der Waals surface area (Å²) in [6.45, 7) is 4.74. The van der Waals surface area contributed by atoms with E-state index in [0.29, 0.717) is 16.3 Å². The monoisotopic (exact) mass is 440 g/mol. The number of halogens is 2. The summed E-state index contributed by atoms with van der Waals surface area (Å²) in [5.41, 5.74) is 2.45. The van der Waals surface area contributed by atoms with Crippen molar-refractivity contribution in [3.63, 3.8) is 0 Å². The highest BCUT2D eigenvalue weighted by Gasteiger charge is 2.46. The smallest absolute Gasteiger partial charge is 0.263 e. The van der Waals surface area contributed by atoms with Crippen LogP contribution >= 0.6 is 11.6 Å². The molecule has 0 aliphatic carbocycles. The Balaban J connectivity index is 1.36. The first-order chi connectivity index (χ1) is 14.9. The molecule has 2 aliphatic rings. The third-order valence-electron chi connectivity index (χ3n) is 6.16. The third-order valence-corrected chi connectivity index (χ3v) is 6.48. The van der Waals surface area contributed by atoms with Gasteiger partial charge in [0.1, 0.15) is 11.6 Å². The quantitative estimate of drug-likeness (QED) is 0.589. The summed E-state index contributed by atoms with van der Waals surface area (Å²) in [6.07, 6.45) is 2.07. The lowest BCUT2D eigenvalue weighted by atomic mass is 9.85. The highest BCUT2D eigenvalue weighted by Crippen LogP contribution is 2.38. The molecule has 0 unspecified atom stereocenters. The number of amides is 1. The first-order valence-corrected chi connectivity index (χ1v) is 10.7. The Kier molecular flexibility index (Phi) is 5.07. The Morgan fingerprint density at radius 3 is 2.77 bits per heavy atom. The number of hydrogen-bond donors (Lipinski definition) is 0. The molecule has 1 amide bonds. The summed E-state index contributed by atoms with van der Waals surface area (Å²) < 4.78 is 24.7. The molecule has 2 saturated heterocycles. The number of aromatic nitrogens is 1. The second kappa shape index (κ2) is 7.77. The first kappa shape index (κ1) is 20.2. The van der Waals surface area contributed by atoms with E-state index in [1.165, 1.54) is 12.1 Å². The van der Waals surface area contributed by atoms with E-state index in [1.807, 2.05) is 29.2 Å². The van der Waals surface area contributed by atoms with Crippen LogP contribution < -0.4 is 4.74 Å². The molecule has 5 nitrogen and oxygen atoms in total. The molecular formula is C24H22ClFN2O3. The van der Waals surface area contributed by atoms with Gasteiger partial charge in [-0.2, -0.15) is 0 Å². The van der Waals surface area contributed by atoms with Crippen molar-refractivity contribution in [2.45, 2.75) is 19.4 Å². The average molecular weight is 441 g/mol. The van der Waals surface area contributed by atoms with Gasteiger partial charge in [-0.15, -0.1) is 0 Å². The van der Waals surface area contributed by atoms with Crippen LogP contribution in [0, 0.1) is 11.2 Å². The molecule has 5 rings (SSSR count). The van der Waals surface area contributed by atoms with Gasteiger partial charge < -0.3 is 14.4 Å². The average Bonchev–Trinajstić information content (AvgIpc) is 3.19. The SMILES string of the molecule is C[C@@H](Oc1ccc2c(-c3ccc(F)cc3Cl)ccnc2c1)C(=O)N1CCC2(COC2)C1. The predicted octanol–water partition coefficient (Wildman–Crippen LogP) is 4.71. The molecule has 3 heterocycles. The zero-order chi connectivity index (χ0) is 21.6. The van der Waals surface area contributed by atoms with Crippen LogP contribution in [-0.4, -0.2) is 48.2 Å². The number of pyridine rings is 1. The van der Waals surface area contributed by atoms with Gasteiger partial charge in [0.25, 0.3) is 5.91 Å². The molecule has 0 saturated carbocycles. The summed E-state index contributed by atoms with van der Waals surface area (Å²) in [4.78, 5) is 19.2. The van der Waals surface area contributed by atoms with E-state index in [2.05, 4.69) is 4.98 Å². The molecule has 0 N–H and O–H groups in total. The maximum absolute atomic E-state index is 13.4. The number of fused-ring (bicyclic) bond motifs is 1. The van der Waals surface area contributed by atoms with Gasteiger partial charge in [-0.05, 0) is 55.3 Å². The number of hydrogen-bond acceptors (Lipinski definition) is 4. The third kappa shape index (κ3) is 3.75. The molecule has 3 aromatic rings. The van der Waals surface area contributed by atoms with Crippen LogP contribution in [0.3, 0.4) is 0 Å². The fourth-order valence-electron chi connectivity index (χ4n) is 4.41. The van der Waals surface area contributed by atoms with Crippen molar-refractivity contribution in [2.75, 3.05) is 26.3 Å². The van der Waals surface area contributed by atoms with Crippen molar-refractivity contribution >= 4 is 28.4 Å². The van der Waals surface area contributed by atoms with Crippen LogP contribution in [0.15, 0.2) is 48.7 Å². The Morgan fingerprint density at radius 1 is 1.23 bits per heavy atom. The lowest BCUT2D eigenvalue weighted by molar-refractivity contribution is -0.141. The largest absolute Gasteiger partial charge is 0.481 e. The maximum Gasteiger partial charge on any atom is 0.263 e. The normalized spacial score (nSPS) is 18.2. The Labute approximate surface area is 184 Å². The number of carbonyl (C=O) groups is 1. The lowest BCUT2D eigenvalue weighted by Gasteiger charge is -2.37. The minimum atomic E-state index is -0.594. The standard InChI is InChI=1S/C24H22ClFN2O3/c1-15(23(29)28-9-7-24(12-28)13-30-14-24)31-17-3-5-20-18(6-8-27-22(20)11-17)19-4-2-16(26)10-21(19)25/h2-6,8,10-11,15H,7,9,12-14H2,1H3/t15-/m1/s1. The Hall–Kier alpha value is -2.70. The molecule has 1 spiro atoms. The molecule has 0 radical (unpaired) electrons. The summed E-state index contributed by atoms with van der Waals surface area (Å²) in [5.74, 6) is 0.183. The zero-order valence-corrected chi connectivity index (χ0v) is 17.9. The summed E-state index contributed by atoms with van der Waals surface area (Å²) in [7, 11) is 0. The second-order valence-corrected chi connectivity index (χ2v) is 8.83. The van der Waals surface area contributed by atoms with E-state index in [-0.39, 0.29) is 17.1 Å². The van der Waals surface area contributed by atoms with E-state index < -0.39 is 6.10 Å². The zero-order valence-electron chi connectivity index (χ0n) is 17.1. The van der Waals surface area contributed by atoms with Crippen LogP contribution in [0.25, 0.3) is 22.0 Å². The van der Waals surface area contributed by atoms with Crippen LogP contribution in [0.4, 0.5) is 4.39 Å². The molecule has 0 bridgehead atoms. The van der Waals surface area contributed by atoms with Gasteiger partial charge in [0, 0.05) is 41.7 Å². The summed E-state index contributed by atoms with van der Waals surface area (Å²) in [6, 6.07) is 11.7. The minimum absolute atomic E-state index is 0.0105. The topological polar surface area (TPSA) is 51.7 Å². The molecule has 2 fully saturated rings. The van der Waals surface area contributed by atoms with Crippen molar-refractivity contribution in [1.82, 2.24) is 9.88 Å². The fourth-order valence-corrected chi connectivity index (χ4v) is 4.67. The Bertz CT molecular complexity index is 1160. The van der Waals surface area contributed by atoms with E-state index in [1.54, 1.807) is 19.2 Å². The van der Waals surface area contributed by atoms with Gasteiger partial charge in [0.15, 0.2) is 6.10 Å². The number of likely N-dealkylation sites (tertiary alicyclic amines) is 1. The van der Waals surface area contributed by atoms with Crippen molar-refractivity contribution in [3.8, 4) is 16.9 Å². The lowest BCUT2D eigenvalue weighted by Crippen LogP contribution is -2.47. The van der Waals surface area contributed by atoms with Crippen LogP contribution in [0.2, 0.25) is 5.02 Å². The van der Waals surface area contributed by atoms with Crippen molar-refractivity contribution in [1.29, 1.82) is 0 Å². The van der Waals surface area contributed by atoms with Gasteiger partial charge in [0.2, 0.25) is 0 Å². The summed E-state index contributed by atoms with van der Waals surface area (Å²) >= 11 is 6.26. The maximum atomic E-state index is 13.4. The number of benzene rings is 2. The highest BCUT2D eigenvalue weighted by atomic mass is 35.5. The van der Waals surface area contributed by atoms with Gasteiger partial charge >= 0.3 is 0 Å². The number of nitrogens with zero attached hydrogens (tertiary/aromatic N) is 2. The highest BCUT2D eigenvalue weighted by molar-refractivity contribution is 6.33. The van der Waals surface area contributed by atoms with Crippen LogP contribution in [0.5, 0.6) is 5.75 Å². The fraction of sp³-hybridized carbons (Fsp3) is 0.333. The van der Waals surface area contributed by atoms with Gasteiger partial charge in [0.05, 0.1) is 23.8 Å². The molecular weight excluding hydrogens is 419 g/mol. The second-order valence-electron chi connectivity index (χ2n) is 8.42.